The van der Waals surface area contributed by atoms with E-state index in [1.165, 1.54) is 32.2 Å². The average Bonchev–Trinajstić information content (AvgIpc) is 2.32. The Hall–Kier alpha value is -0.0800. The van der Waals surface area contributed by atoms with Gasteiger partial charge in [0.05, 0.1) is 0 Å². The first-order valence-electron chi connectivity index (χ1n) is 5.12. The SMILES string of the molecule is CC1(C)C[C@H](N)CC2CCCN21. The Balaban J connectivity index is 2.15. The number of nitrogens with zero attached hydrogens (tertiary/aromatic N) is 1. The van der Waals surface area contributed by atoms with Crippen molar-refractivity contribution >= 4 is 0 Å². The topological polar surface area (TPSA) is 29.3 Å². The zero-order valence-electron chi connectivity index (χ0n) is 8.21. The second kappa shape index (κ2) is 2.71. The Labute approximate surface area is 75.1 Å². The summed E-state index contributed by atoms with van der Waals surface area (Å²) < 4.78 is 0. The Kier molecular flexibility index (Phi) is 1.92. The lowest BCUT2D eigenvalue weighted by atomic mass is 9.84. The fourth-order valence-corrected chi connectivity index (χ4v) is 3.07. The van der Waals surface area contributed by atoms with Crippen LogP contribution >= 0.6 is 0 Å². The van der Waals surface area contributed by atoms with E-state index in [0.29, 0.717) is 11.6 Å². The first-order valence-corrected chi connectivity index (χ1v) is 5.12. The van der Waals surface area contributed by atoms with E-state index in [1.807, 2.05) is 0 Å². The van der Waals surface area contributed by atoms with Gasteiger partial charge in [-0.3, -0.25) is 4.90 Å². The smallest absolute Gasteiger partial charge is 0.0170 e. The molecule has 2 heteroatoms. The average molecular weight is 168 g/mol. The van der Waals surface area contributed by atoms with Gasteiger partial charge in [0.2, 0.25) is 0 Å². The largest absolute Gasteiger partial charge is 0.328 e. The van der Waals surface area contributed by atoms with E-state index in [9.17, 15) is 0 Å². The molecule has 2 fully saturated rings. The maximum absolute atomic E-state index is 6.04. The normalized spacial score (nSPS) is 41.2. The van der Waals surface area contributed by atoms with E-state index in [2.05, 4.69) is 18.7 Å². The van der Waals surface area contributed by atoms with Crippen LogP contribution in [-0.4, -0.2) is 29.1 Å². The van der Waals surface area contributed by atoms with Crippen LogP contribution < -0.4 is 5.73 Å². The van der Waals surface area contributed by atoms with Gasteiger partial charge in [-0.05, 0) is 46.1 Å². The monoisotopic (exact) mass is 168 g/mol. The molecule has 70 valence electrons. The molecule has 2 aliphatic heterocycles. The highest BCUT2D eigenvalue weighted by atomic mass is 15.2. The molecule has 0 aromatic rings. The summed E-state index contributed by atoms with van der Waals surface area (Å²) in [4.78, 5) is 2.66. The van der Waals surface area contributed by atoms with Crippen molar-refractivity contribution in [3.63, 3.8) is 0 Å². The molecule has 2 aliphatic rings. The van der Waals surface area contributed by atoms with Crippen molar-refractivity contribution in [2.45, 2.75) is 57.2 Å². The van der Waals surface area contributed by atoms with Gasteiger partial charge in [-0.25, -0.2) is 0 Å². The molecule has 2 rings (SSSR count). The van der Waals surface area contributed by atoms with Crippen LogP contribution in [0.3, 0.4) is 0 Å². The van der Waals surface area contributed by atoms with Gasteiger partial charge in [0, 0.05) is 17.6 Å². The van der Waals surface area contributed by atoms with Gasteiger partial charge >= 0.3 is 0 Å². The Morgan fingerprint density at radius 2 is 2.17 bits per heavy atom. The summed E-state index contributed by atoms with van der Waals surface area (Å²) in [5, 5.41) is 0. The predicted octanol–water partition coefficient (Wildman–Crippen LogP) is 1.35. The van der Waals surface area contributed by atoms with Crippen LogP contribution in [0.1, 0.15) is 39.5 Å². The van der Waals surface area contributed by atoms with Crippen LogP contribution in [-0.2, 0) is 0 Å². The lowest BCUT2D eigenvalue weighted by Crippen LogP contribution is -2.55. The second-order valence-corrected chi connectivity index (χ2v) is 5.00. The number of nitrogens with two attached hydrogens (primary N) is 1. The Bertz CT molecular complexity index is 177. The maximum atomic E-state index is 6.04. The molecule has 0 radical (unpaired) electrons. The first-order chi connectivity index (χ1) is 5.59. The Morgan fingerprint density at radius 3 is 2.92 bits per heavy atom. The number of hydrogen-bond donors (Lipinski definition) is 1. The fourth-order valence-electron chi connectivity index (χ4n) is 3.07. The standard InChI is InChI=1S/C10H20N2/c1-10(2)7-8(11)6-9-4-3-5-12(9)10/h8-9H,3-7,11H2,1-2H3/t8-,9?/m1/s1. The summed E-state index contributed by atoms with van der Waals surface area (Å²) in [6.45, 7) is 5.97. The molecule has 2 heterocycles. The van der Waals surface area contributed by atoms with Crippen LogP contribution in [0.15, 0.2) is 0 Å². The van der Waals surface area contributed by atoms with E-state index in [0.717, 1.165) is 6.04 Å². The molecule has 2 N–H and O–H groups in total. The Morgan fingerprint density at radius 1 is 1.42 bits per heavy atom. The maximum Gasteiger partial charge on any atom is 0.0170 e. The summed E-state index contributed by atoms with van der Waals surface area (Å²) in [6, 6.07) is 1.24. The number of piperidine rings is 1. The van der Waals surface area contributed by atoms with Crippen molar-refractivity contribution < 1.29 is 0 Å². The fraction of sp³-hybridized carbons (Fsp3) is 1.00. The lowest BCUT2D eigenvalue weighted by Gasteiger charge is -2.46. The van der Waals surface area contributed by atoms with E-state index in [4.69, 9.17) is 5.73 Å². The molecule has 0 aromatic heterocycles. The third-order valence-electron chi connectivity index (χ3n) is 3.49. The summed E-state index contributed by atoms with van der Waals surface area (Å²) >= 11 is 0. The molecular weight excluding hydrogens is 148 g/mol. The van der Waals surface area contributed by atoms with Crippen molar-refractivity contribution in [2.75, 3.05) is 6.54 Å². The van der Waals surface area contributed by atoms with Crippen molar-refractivity contribution in [1.29, 1.82) is 0 Å². The molecule has 0 spiro atoms. The third-order valence-corrected chi connectivity index (χ3v) is 3.49. The molecule has 2 saturated heterocycles. The summed E-state index contributed by atoms with van der Waals surface area (Å²) in [5.41, 5.74) is 6.40. The summed E-state index contributed by atoms with van der Waals surface area (Å²) in [7, 11) is 0. The van der Waals surface area contributed by atoms with Gasteiger partial charge < -0.3 is 5.73 Å². The first kappa shape index (κ1) is 8.52. The van der Waals surface area contributed by atoms with Crippen molar-refractivity contribution in [3.05, 3.63) is 0 Å². The zero-order chi connectivity index (χ0) is 8.77. The van der Waals surface area contributed by atoms with Crippen LogP contribution in [0.2, 0.25) is 0 Å². The molecule has 1 unspecified atom stereocenters. The van der Waals surface area contributed by atoms with E-state index < -0.39 is 0 Å². The van der Waals surface area contributed by atoms with E-state index in [-0.39, 0.29) is 0 Å². The third kappa shape index (κ3) is 1.27. The quantitative estimate of drug-likeness (QED) is 0.591. The van der Waals surface area contributed by atoms with Crippen molar-refractivity contribution in [3.8, 4) is 0 Å². The molecular formula is C10H20N2. The van der Waals surface area contributed by atoms with Gasteiger partial charge in [-0.2, -0.15) is 0 Å². The van der Waals surface area contributed by atoms with Gasteiger partial charge in [0.25, 0.3) is 0 Å². The van der Waals surface area contributed by atoms with E-state index in [1.54, 1.807) is 0 Å². The predicted molar refractivity (Wildman–Crippen MR) is 51.0 cm³/mol. The van der Waals surface area contributed by atoms with Gasteiger partial charge in [-0.1, -0.05) is 0 Å². The molecule has 2 nitrogen and oxygen atoms in total. The molecule has 0 amide bonds. The van der Waals surface area contributed by atoms with E-state index >= 15 is 0 Å². The minimum absolute atomic E-state index is 0.360. The minimum Gasteiger partial charge on any atom is -0.328 e. The van der Waals surface area contributed by atoms with Gasteiger partial charge in [-0.15, -0.1) is 0 Å². The molecule has 0 aromatic carbocycles. The highest BCUT2D eigenvalue weighted by molar-refractivity contribution is 4.98. The van der Waals surface area contributed by atoms with Crippen LogP contribution in [0, 0.1) is 0 Å². The number of rotatable bonds is 0. The molecule has 0 saturated carbocycles. The summed E-state index contributed by atoms with van der Waals surface area (Å²) in [6.07, 6.45) is 5.14. The molecule has 0 bridgehead atoms. The molecule has 2 atom stereocenters. The zero-order valence-corrected chi connectivity index (χ0v) is 8.21. The number of fused-ring (bicyclic) bond motifs is 1. The second-order valence-electron chi connectivity index (χ2n) is 5.00. The van der Waals surface area contributed by atoms with Crippen molar-refractivity contribution in [1.82, 2.24) is 4.90 Å². The van der Waals surface area contributed by atoms with Gasteiger partial charge in [0.1, 0.15) is 0 Å². The highest BCUT2D eigenvalue weighted by Crippen LogP contribution is 2.36. The van der Waals surface area contributed by atoms with Crippen LogP contribution in [0.4, 0.5) is 0 Å². The highest BCUT2D eigenvalue weighted by Gasteiger charge is 2.41. The minimum atomic E-state index is 0.360. The van der Waals surface area contributed by atoms with Crippen LogP contribution in [0.5, 0.6) is 0 Å². The summed E-state index contributed by atoms with van der Waals surface area (Å²) in [5.74, 6) is 0. The lowest BCUT2D eigenvalue weighted by molar-refractivity contribution is 0.0462. The van der Waals surface area contributed by atoms with Crippen LogP contribution in [0.25, 0.3) is 0 Å². The molecule has 12 heavy (non-hydrogen) atoms. The molecule has 0 aliphatic carbocycles. The van der Waals surface area contributed by atoms with Gasteiger partial charge in [0.15, 0.2) is 0 Å². The van der Waals surface area contributed by atoms with Crippen molar-refractivity contribution in [2.24, 2.45) is 5.73 Å². The number of hydrogen-bond acceptors (Lipinski definition) is 2.